The molecule has 2 aliphatic rings. The van der Waals surface area contributed by atoms with Crippen LogP contribution in [-0.2, 0) is 0 Å². The summed E-state index contributed by atoms with van der Waals surface area (Å²) in [5, 5.41) is 2.82. The van der Waals surface area contributed by atoms with Gasteiger partial charge in [-0.25, -0.2) is 4.99 Å². The first kappa shape index (κ1) is 12.9. The van der Waals surface area contributed by atoms with E-state index in [9.17, 15) is 4.79 Å². The minimum absolute atomic E-state index is 0.130. The molecule has 0 aliphatic carbocycles. The molecule has 1 amide bonds. The van der Waals surface area contributed by atoms with Crippen LogP contribution in [0.4, 0.5) is 5.88 Å². The Morgan fingerprint density at radius 1 is 1.55 bits per heavy atom. The van der Waals surface area contributed by atoms with E-state index in [1.165, 1.54) is 0 Å². The minimum Gasteiger partial charge on any atom is -0.442 e. The zero-order chi connectivity index (χ0) is 14.3. The molecule has 0 radical (unpaired) electrons. The summed E-state index contributed by atoms with van der Waals surface area (Å²) in [5.74, 6) is 1.74. The van der Waals surface area contributed by atoms with Gasteiger partial charge in [-0.3, -0.25) is 9.79 Å². The molecule has 106 valence electrons. The molecule has 1 unspecified atom stereocenters. The molecule has 3 rings (SSSR count). The molecule has 0 bridgehead atoms. The zero-order valence-corrected chi connectivity index (χ0v) is 11.9. The molecule has 0 saturated heterocycles. The Bertz CT molecular complexity index is 615. The van der Waals surface area contributed by atoms with Gasteiger partial charge in [-0.05, 0) is 20.3 Å². The molecule has 2 aliphatic heterocycles. The number of fused-ring (bicyclic) bond motifs is 3. The van der Waals surface area contributed by atoms with Gasteiger partial charge in [0.1, 0.15) is 17.9 Å². The van der Waals surface area contributed by atoms with Crippen molar-refractivity contribution < 1.29 is 9.21 Å². The van der Waals surface area contributed by atoms with Gasteiger partial charge in [0.2, 0.25) is 5.88 Å². The second kappa shape index (κ2) is 4.77. The highest BCUT2D eigenvalue weighted by Gasteiger charge is 2.35. The third kappa shape index (κ3) is 1.83. The molecule has 20 heavy (non-hydrogen) atoms. The van der Waals surface area contributed by atoms with E-state index in [4.69, 9.17) is 9.41 Å². The molecule has 0 saturated carbocycles. The van der Waals surface area contributed by atoms with Crippen molar-refractivity contribution in [2.24, 2.45) is 9.98 Å². The van der Waals surface area contributed by atoms with Crippen LogP contribution in [0.1, 0.15) is 41.9 Å². The van der Waals surface area contributed by atoms with Gasteiger partial charge in [0, 0.05) is 13.1 Å². The van der Waals surface area contributed by atoms with E-state index in [0.29, 0.717) is 23.8 Å². The summed E-state index contributed by atoms with van der Waals surface area (Å²) in [7, 11) is 0. The molecular formula is C14H18N4O2. The Morgan fingerprint density at radius 2 is 2.35 bits per heavy atom. The highest BCUT2D eigenvalue weighted by Crippen LogP contribution is 2.35. The number of hydrogen-bond acceptors (Lipinski definition) is 5. The van der Waals surface area contributed by atoms with Crippen LogP contribution in [0, 0.1) is 6.92 Å². The number of nitrogens with zero attached hydrogens (tertiary/aromatic N) is 3. The molecule has 1 N–H and O–H groups in total. The number of aliphatic imine (C=N–C) groups is 2. The summed E-state index contributed by atoms with van der Waals surface area (Å²) in [6.07, 6.45) is 2.71. The normalized spacial score (nSPS) is 19.6. The van der Waals surface area contributed by atoms with Gasteiger partial charge in [0.05, 0.1) is 17.2 Å². The number of furan rings is 1. The average Bonchev–Trinajstić information content (AvgIpc) is 2.97. The highest BCUT2D eigenvalue weighted by atomic mass is 16.4. The maximum Gasteiger partial charge on any atom is 0.255 e. The lowest BCUT2D eigenvalue weighted by Gasteiger charge is -2.18. The first-order valence-electron chi connectivity index (χ1n) is 6.96. The van der Waals surface area contributed by atoms with Crippen molar-refractivity contribution in [2.75, 3.05) is 13.1 Å². The Balaban J connectivity index is 2.11. The van der Waals surface area contributed by atoms with E-state index < -0.39 is 0 Å². The van der Waals surface area contributed by atoms with Crippen molar-refractivity contribution in [2.45, 2.75) is 33.2 Å². The fraction of sp³-hybridized carbons (Fsp3) is 0.500. The Morgan fingerprint density at radius 3 is 3.05 bits per heavy atom. The lowest BCUT2D eigenvalue weighted by Crippen LogP contribution is -2.32. The number of hydrogen-bond donors (Lipinski definition) is 1. The second-order valence-corrected chi connectivity index (χ2v) is 4.98. The van der Waals surface area contributed by atoms with Crippen LogP contribution in [0.25, 0.3) is 0 Å². The maximum absolute atomic E-state index is 12.2. The summed E-state index contributed by atoms with van der Waals surface area (Å²) in [4.78, 5) is 23.2. The van der Waals surface area contributed by atoms with Crippen molar-refractivity contribution in [3.63, 3.8) is 0 Å². The average molecular weight is 274 g/mol. The number of nitrogens with one attached hydrogen (secondary N) is 1. The molecule has 3 heterocycles. The van der Waals surface area contributed by atoms with Crippen molar-refractivity contribution in [1.82, 2.24) is 10.2 Å². The third-order valence-electron chi connectivity index (χ3n) is 3.62. The van der Waals surface area contributed by atoms with Gasteiger partial charge < -0.3 is 14.6 Å². The van der Waals surface area contributed by atoms with Crippen molar-refractivity contribution in [3.05, 3.63) is 16.9 Å². The SMILES string of the molecule is CCNC(=O)c1c(C)oc2c1C1=NC(CC)CN1C=N2. The third-order valence-corrected chi connectivity index (χ3v) is 3.62. The molecule has 0 fully saturated rings. The summed E-state index contributed by atoms with van der Waals surface area (Å²) in [5.41, 5.74) is 1.28. The van der Waals surface area contributed by atoms with Gasteiger partial charge in [-0.1, -0.05) is 6.92 Å². The zero-order valence-electron chi connectivity index (χ0n) is 11.9. The van der Waals surface area contributed by atoms with Gasteiger partial charge in [0.15, 0.2) is 0 Å². The predicted molar refractivity (Wildman–Crippen MR) is 76.9 cm³/mol. The van der Waals surface area contributed by atoms with Gasteiger partial charge in [-0.2, -0.15) is 0 Å². The molecule has 6 heteroatoms. The Kier molecular flexibility index (Phi) is 3.08. The summed E-state index contributed by atoms with van der Waals surface area (Å²) in [6.45, 7) is 7.18. The van der Waals surface area contributed by atoms with Crippen LogP contribution in [-0.4, -0.2) is 42.1 Å². The largest absolute Gasteiger partial charge is 0.442 e. The molecule has 1 atom stereocenters. The Labute approximate surface area is 117 Å². The van der Waals surface area contributed by atoms with Crippen LogP contribution >= 0.6 is 0 Å². The molecule has 1 aromatic heterocycles. The van der Waals surface area contributed by atoms with Crippen molar-refractivity contribution in [1.29, 1.82) is 0 Å². The highest BCUT2D eigenvalue weighted by molar-refractivity contribution is 6.17. The topological polar surface area (TPSA) is 70.2 Å². The predicted octanol–water partition coefficient (Wildman–Crippen LogP) is 1.85. The maximum atomic E-state index is 12.2. The van der Waals surface area contributed by atoms with E-state index in [1.807, 2.05) is 11.8 Å². The standard InChI is InChI=1S/C14H18N4O2/c1-4-9-6-18-7-16-14-11(12(18)17-9)10(8(3)20-14)13(19)15-5-2/h7,9H,4-6H2,1-3H3,(H,15,19). The fourth-order valence-corrected chi connectivity index (χ4v) is 2.60. The van der Waals surface area contributed by atoms with E-state index in [1.54, 1.807) is 13.3 Å². The number of carbonyl (C=O) groups excluding carboxylic acids is 1. The quantitative estimate of drug-likeness (QED) is 0.914. The number of carbonyl (C=O) groups is 1. The second-order valence-electron chi connectivity index (χ2n) is 4.98. The summed E-state index contributed by atoms with van der Waals surface area (Å²) >= 11 is 0. The number of amidine groups is 1. The molecular weight excluding hydrogens is 256 g/mol. The molecule has 6 nitrogen and oxygen atoms in total. The molecule has 1 aromatic rings. The number of rotatable bonds is 3. The summed E-state index contributed by atoms with van der Waals surface area (Å²) < 4.78 is 5.62. The van der Waals surface area contributed by atoms with Crippen LogP contribution < -0.4 is 5.32 Å². The van der Waals surface area contributed by atoms with Crippen molar-refractivity contribution in [3.8, 4) is 0 Å². The smallest absolute Gasteiger partial charge is 0.255 e. The van der Waals surface area contributed by atoms with Gasteiger partial charge in [-0.15, -0.1) is 0 Å². The van der Waals surface area contributed by atoms with Crippen molar-refractivity contribution >= 4 is 24.0 Å². The monoisotopic (exact) mass is 274 g/mol. The van der Waals surface area contributed by atoms with E-state index in [2.05, 4.69) is 17.2 Å². The fourth-order valence-electron chi connectivity index (χ4n) is 2.60. The van der Waals surface area contributed by atoms with E-state index >= 15 is 0 Å². The number of amides is 1. The van der Waals surface area contributed by atoms with Crippen LogP contribution in [0.2, 0.25) is 0 Å². The first-order valence-corrected chi connectivity index (χ1v) is 6.96. The summed E-state index contributed by atoms with van der Waals surface area (Å²) in [6, 6.07) is 0.250. The van der Waals surface area contributed by atoms with Crippen LogP contribution in [0.15, 0.2) is 14.4 Å². The molecule has 0 spiro atoms. The van der Waals surface area contributed by atoms with Gasteiger partial charge >= 0.3 is 0 Å². The van der Waals surface area contributed by atoms with E-state index in [-0.39, 0.29) is 11.9 Å². The lowest BCUT2D eigenvalue weighted by atomic mass is 10.1. The van der Waals surface area contributed by atoms with Crippen LogP contribution in [0.5, 0.6) is 0 Å². The number of aryl methyl sites for hydroxylation is 1. The minimum atomic E-state index is -0.130. The first-order chi connectivity index (χ1) is 9.65. The van der Waals surface area contributed by atoms with Gasteiger partial charge in [0.25, 0.3) is 5.91 Å². The van der Waals surface area contributed by atoms with Crippen LogP contribution in [0.3, 0.4) is 0 Å². The lowest BCUT2D eigenvalue weighted by molar-refractivity contribution is 0.0954. The Hall–Kier alpha value is -2.11. The van der Waals surface area contributed by atoms with E-state index in [0.717, 1.165) is 24.4 Å². The molecule has 0 aromatic carbocycles.